The van der Waals surface area contributed by atoms with Gasteiger partial charge >= 0.3 is 0 Å². The van der Waals surface area contributed by atoms with Crippen LogP contribution in [0.15, 0.2) is 18.5 Å². The van der Waals surface area contributed by atoms with E-state index < -0.39 is 17.4 Å². The van der Waals surface area contributed by atoms with Gasteiger partial charge in [0, 0.05) is 24.0 Å². The third-order valence-electron chi connectivity index (χ3n) is 2.23. The first-order chi connectivity index (χ1) is 6.91. The van der Waals surface area contributed by atoms with Crippen molar-refractivity contribution in [2.75, 3.05) is 0 Å². The zero-order valence-electron chi connectivity index (χ0n) is 8.33. The highest BCUT2D eigenvalue weighted by Gasteiger charge is 2.24. The minimum atomic E-state index is -1.43. The molecule has 2 rings (SSSR count). The number of fused-ring (bicyclic) bond motifs is 1. The summed E-state index contributed by atoms with van der Waals surface area (Å²) in [6, 6.07) is 0.976. The number of rotatable bonds is 1. The van der Waals surface area contributed by atoms with E-state index in [9.17, 15) is 13.9 Å². The Morgan fingerprint density at radius 3 is 2.67 bits per heavy atom. The summed E-state index contributed by atoms with van der Waals surface area (Å²) in [5.74, 6) is -1.35. The molecule has 3 nitrogen and oxygen atoms in total. The number of hydrogen-bond acceptors (Lipinski definition) is 2. The van der Waals surface area contributed by atoms with Crippen LogP contribution in [0.25, 0.3) is 5.65 Å². The highest BCUT2D eigenvalue weighted by molar-refractivity contribution is 5.45. The van der Waals surface area contributed by atoms with Gasteiger partial charge in [-0.05, 0) is 13.8 Å². The molecule has 0 saturated carbocycles. The second-order valence-electron chi connectivity index (χ2n) is 3.87. The minimum absolute atomic E-state index is 0.0984. The number of imidazole rings is 1. The van der Waals surface area contributed by atoms with Crippen molar-refractivity contribution in [1.29, 1.82) is 0 Å². The minimum Gasteiger partial charge on any atom is -0.386 e. The van der Waals surface area contributed by atoms with Crippen molar-refractivity contribution in [3.63, 3.8) is 0 Å². The quantitative estimate of drug-likeness (QED) is 0.732. The molecule has 2 aromatic heterocycles. The smallest absolute Gasteiger partial charge is 0.199 e. The predicted molar refractivity (Wildman–Crippen MR) is 50.4 cm³/mol. The number of pyridine rings is 1. The predicted octanol–water partition coefficient (Wildman–Crippen LogP) is 1.84. The molecule has 2 heterocycles. The van der Waals surface area contributed by atoms with Crippen LogP contribution in [0.4, 0.5) is 8.78 Å². The van der Waals surface area contributed by atoms with E-state index in [0.29, 0.717) is 0 Å². The van der Waals surface area contributed by atoms with Crippen molar-refractivity contribution in [1.82, 2.24) is 9.38 Å². The molecule has 2 aromatic rings. The standard InChI is InChI=1S/C10H10F2N2O/c1-10(2,15)6-5-7(11)14-4-3-13-9(14)8(6)12/h3-5,15H,1-2H3. The van der Waals surface area contributed by atoms with Gasteiger partial charge in [0.2, 0.25) is 0 Å². The number of nitrogens with zero attached hydrogens (tertiary/aromatic N) is 2. The summed E-state index contributed by atoms with van der Waals surface area (Å²) in [5, 5.41) is 9.65. The van der Waals surface area contributed by atoms with E-state index in [2.05, 4.69) is 4.98 Å². The maximum absolute atomic E-state index is 13.8. The number of aromatic nitrogens is 2. The van der Waals surface area contributed by atoms with Crippen LogP contribution in [0.2, 0.25) is 0 Å². The van der Waals surface area contributed by atoms with Crippen molar-refractivity contribution in [3.05, 3.63) is 35.8 Å². The van der Waals surface area contributed by atoms with Crippen LogP contribution >= 0.6 is 0 Å². The van der Waals surface area contributed by atoms with Gasteiger partial charge in [0.25, 0.3) is 0 Å². The summed E-state index contributed by atoms with van der Waals surface area (Å²) in [6.45, 7) is 2.79. The molecule has 0 bridgehead atoms. The molecule has 0 saturated heterocycles. The molecule has 0 amide bonds. The van der Waals surface area contributed by atoms with E-state index in [1.807, 2.05) is 0 Å². The Balaban J connectivity index is 2.83. The lowest BCUT2D eigenvalue weighted by Crippen LogP contribution is -2.19. The van der Waals surface area contributed by atoms with E-state index >= 15 is 0 Å². The first kappa shape index (κ1) is 10.0. The average molecular weight is 212 g/mol. The lowest BCUT2D eigenvalue weighted by Gasteiger charge is -2.18. The Bertz CT molecular complexity index is 514. The monoisotopic (exact) mass is 212 g/mol. The van der Waals surface area contributed by atoms with Crippen LogP contribution in [0.5, 0.6) is 0 Å². The molecule has 0 aromatic carbocycles. The second kappa shape index (κ2) is 3.00. The molecule has 0 radical (unpaired) electrons. The van der Waals surface area contributed by atoms with Gasteiger partial charge in [-0.15, -0.1) is 0 Å². The van der Waals surface area contributed by atoms with Gasteiger partial charge < -0.3 is 5.11 Å². The number of hydrogen-bond donors (Lipinski definition) is 1. The van der Waals surface area contributed by atoms with Crippen molar-refractivity contribution in [3.8, 4) is 0 Å². The van der Waals surface area contributed by atoms with Crippen LogP contribution in [-0.4, -0.2) is 14.5 Å². The zero-order chi connectivity index (χ0) is 11.2. The maximum atomic E-state index is 13.8. The van der Waals surface area contributed by atoms with Crippen LogP contribution in [-0.2, 0) is 5.60 Å². The fourth-order valence-corrected chi connectivity index (χ4v) is 1.46. The number of aliphatic hydroxyl groups is 1. The number of halogens is 2. The second-order valence-corrected chi connectivity index (χ2v) is 3.87. The molecule has 0 aliphatic carbocycles. The average Bonchev–Trinajstić information content (AvgIpc) is 2.58. The van der Waals surface area contributed by atoms with E-state index in [1.165, 1.54) is 26.2 Å². The Morgan fingerprint density at radius 2 is 2.07 bits per heavy atom. The summed E-state index contributed by atoms with van der Waals surface area (Å²) in [5.41, 5.74) is -1.65. The molecule has 1 N–H and O–H groups in total. The Hall–Kier alpha value is -1.49. The van der Waals surface area contributed by atoms with Crippen LogP contribution < -0.4 is 0 Å². The van der Waals surface area contributed by atoms with Gasteiger partial charge in [0.15, 0.2) is 17.4 Å². The first-order valence-electron chi connectivity index (χ1n) is 4.45. The van der Waals surface area contributed by atoms with Crippen LogP contribution in [0.3, 0.4) is 0 Å². The molecule has 0 atom stereocenters. The van der Waals surface area contributed by atoms with Gasteiger partial charge in [-0.3, -0.25) is 4.40 Å². The SMILES string of the molecule is CC(C)(O)c1cc(F)n2ccnc2c1F. The van der Waals surface area contributed by atoms with Crippen molar-refractivity contribution in [2.45, 2.75) is 19.4 Å². The molecule has 0 aliphatic rings. The Kier molecular flexibility index (Phi) is 2.01. The van der Waals surface area contributed by atoms with Crippen molar-refractivity contribution < 1.29 is 13.9 Å². The summed E-state index contributed by atoms with van der Waals surface area (Å²) in [4.78, 5) is 3.69. The maximum Gasteiger partial charge on any atom is 0.199 e. The highest BCUT2D eigenvalue weighted by atomic mass is 19.1. The lowest BCUT2D eigenvalue weighted by atomic mass is 9.99. The zero-order valence-corrected chi connectivity index (χ0v) is 8.33. The Labute approximate surface area is 85.0 Å². The Morgan fingerprint density at radius 1 is 1.40 bits per heavy atom. The molecular formula is C10H10F2N2O. The largest absolute Gasteiger partial charge is 0.386 e. The van der Waals surface area contributed by atoms with Crippen LogP contribution in [0, 0.1) is 11.8 Å². The summed E-state index contributed by atoms with van der Waals surface area (Å²) < 4.78 is 28.2. The van der Waals surface area contributed by atoms with E-state index in [0.717, 1.165) is 10.5 Å². The summed E-state index contributed by atoms with van der Waals surface area (Å²) in [7, 11) is 0. The molecule has 5 heteroatoms. The highest BCUT2D eigenvalue weighted by Crippen LogP contribution is 2.25. The topological polar surface area (TPSA) is 37.5 Å². The molecule has 0 unspecified atom stereocenters. The van der Waals surface area contributed by atoms with E-state index in [1.54, 1.807) is 0 Å². The fourth-order valence-electron chi connectivity index (χ4n) is 1.46. The third kappa shape index (κ3) is 1.48. The molecule has 0 aliphatic heterocycles. The van der Waals surface area contributed by atoms with Gasteiger partial charge in [-0.25, -0.2) is 9.37 Å². The molecule has 0 fully saturated rings. The van der Waals surface area contributed by atoms with Gasteiger partial charge in [0.05, 0.1) is 5.60 Å². The van der Waals surface area contributed by atoms with E-state index in [-0.39, 0.29) is 11.2 Å². The third-order valence-corrected chi connectivity index (χ3v) is 2.23. The van der Waals surface area contributed by atoms with Crippen molar-refractivity contribution in [2.24, 2.45) is 0 Å². The van der Waals surface area contributed by atoms with Crippen molar-refractivity contribution >= 4 is 5.65 Å². The molecular weight excluding hydrogens is 202 g/mol. The molecule has 80 valence electrons. The molecule has 0 spiro atoms. The summed E-state index contributed by atoms with van der Waals surface area (Å²) >= 11 is 0. The molecule has 15 heavy (non-hydrogen) atoms. The van der Waals surface area contributed by atoms with Gasteiger partial charge in [-0.1, -0.05) is 0 Å². The first-order valence-corrected chi connectivity index (χ1v) is 4.45. The van der Waals surface area contributed by atoms with E-state index in [4.69, 9.17) is 0 Å². The fraction of sp³-hybridized carbons (Fsp3) is 0.300. The lowest BCUT2D eigenvalue weighted by molar-refractivity contribution is 0.0741. The van der Waals surface area contributed by atoms with Gasteiger partial charge in [-0.2, -0.15) is 4.39 Å². The van der Waals surface area contributed by atoms with Crippen LogP contribution in [0.1, 0.15) is 19.4 Å². The normalized spacial score (nSPS) is 12.3. The summed E-state index contributed by atoms with van der Waals surface area (Å²) in [6.07, 6.45) is 2.62. The van der Waals surface area contributed by atoms with Gasteiger partial charge in [0.1, 0.15) is 0 Å².